The normalized spacial score (nSPS) is 18.3. The van der Waals surface area contributed by atoms with Gasteiger partial charge in [0.25, 0.3) is 0 Å². The van der Waals surface area contributed by atoms with E-state index in [-0.39, 0.29) is 23.9 Å². The summed E-state index contributed by atoms with van der Waals surface area (Å²) in [7, 11) is 0. The van der Waals surface area contributed by atoms with E-state index in [1.54, 1.807) is 0 Å². The first-order valence-electron chi connectivity index (χ1n) is 7.51. The molecule has 0 saturated heterocycles. The third kappa shape index (κ3) is 3.08. The highest BCUT2D eigenvalue weighted by Crippen LogP contribution is 2.32. The van der Waals surface area contributed by atoms with Crippen LogP contribution in [0.3, 0.4) is 0 Å². The SMILES string of the molecule is Cc1ccccc1Oc1cccc(C2CCC(=O)CC2=O)c1. The van der Waals surface area contributed by atoms with Crippen LogP contribution in [-0.4, -0.2) is 11.6 Å². The number of hydrogen-bond donors (Lipinski definition) is 0. The molecular weight excluding hydrogens is 276 g/mol. The number of benzene rings is 2. The predicted octanol–water partition coefficient (Wildman–Crippen LogP) is 4.19. The molecule has 1 fully saturated rings. The van der Waals surface area contributed by atoms with Gasteiger partial charge in [-0.05, 0) is 42.7 Å². The van der Waals surface area contributed by atoms with E-state index < -0.39 is 0 Å². The Labute approximate surface area is 129 Å². The zero-order valence-corrected chi connectivity index (χ0v) is 12.5. The first-order chi connectivity index (χ1) is 10.6. The fraction of sp³-hybridized carbons (Fsp3) is 0.263. The van der Waals surface area contributed by atoms with Crippen molar-refractivity contribution in [2.75, 3.05) is 0 Å². The quantitative estimate of drug-likeness (QED) is 0.797. The van der Waals surface area contributed by atoms with Crippen molar-refractivity contribution < 1.29 is 14.3 Å². The van der Waals surface area contributed by atoms with Crippen LogP contribution < -0.4 is 4.74 Å². The Balaban J connectivity index is 1.82. The van der Waals surface area contributed by atoms with Gasteiger partial charge in [0.15, 0.2) is 0 Å². The molecule has 0 aliphatic heterocycles. The molecule has 0 spiro atoms. The van der Waals surface area contributed by atoms with Gasteiger partial charge in [0.2, 0.25) is 0 Å². The molecular formula is C19H18O3. The van der Waals surface area contributed by atoms with Gasteiger partial charge in [-0.2, -0.15) is 0 Å². The lowest BCUT2D eigenvalue weighted by Gasteiger charge is -2.20. The highest BCUT2D eigenvalue weighted by Gasteiger charge is 2.28. The molecule has 0 amide bonds. The molecule has 0 radical (unpaired) electrons. The van der Waals surface area contributed by atoms with E-state index in [2.05, 4.69) is 0 Å². The summed E-state index contributed by atoms with van der Waals surface area (Å²) in [6.45, 7) is 2.00. The molecule has 3 heteroatoms. The van der Waals surface area contributed by atoms with E-state index in [9.17, 15) is 9.59 Å². The standard InChI is InChI=1S/C19H18O3/c1-13-5-2-3-8-19(13)22-16-7-4-6-14(11-16)17-10-9-15(20)12-18(17)21/h2-8,11,17H,9-10,12H2,1H3. The molecule has 0 N–H and O–H groups in total. The van der Waals surface area contributed by atoms with Gasteiger partial charge < -0.3 is 4.74 Å². The number of ketones is 2. The molecule has 2 aromatic rings. The molecule has 0 aromatic heterocycles. The lowest BCUT2D eigenvalue weighted by atomic mass is 9.82. The molecule has 1 atom stereocenters. The van der Waals surface area contributed by atoms with Gasteiger partial charge in [0, 0.05) is 12.3 Å². The van der Waals surface area contributed by atoms with Crippen molar-refractivity contribution in [1.82, 2.24) is 0 Å². The third-order valence-corrected chi connectivity index (χ3v) is 4.05. The first kappa shape index (κ1) is 14.5. The Morgan fingerprint density at radius 1 is 1.05 bits per heavy atom. The predicted molar refractivity (Wildman–Crippen MR) is 84.3 cm³/mol. The number of carbonyl (C=O) groups is 2. The Kier molecular flexibility index (Phi) is 4.05. The zero-order valence-electron chi connectivity index (χ0n) is 12.5. The van der Waals surface area contributed by atoms with Gasteiger partial charge in [-0.3, -0.25) is 9.59 Å². The van der Waals surface area contributed by atoms with Crippen LogP contribution in [0.1, 0.15) is 36.3 Å². The number of carbonyl (C=O) groups excluding carboxylic acids is 2. The first-order valence-corrected chi connectivity index (χ1v) is 7.51. The Hall–Kier alpha value is -2.42. The molecule has 3 rings (SSSR count). The van der Waals surface area contributed by atoms with Crippen LogP contribution in [-0.2, 0) is 9.59 Å². The average Bonchev–Trinajstić information content (AvgIpc) is 2.50. The van der Waals surface area contributed by atoms with E-state index in [0.29, 0.717) is 12.8 Å². The lowest BCUT2D eigenvalue weighted by Crippen LogP contribution is -2.23. The van der Waals surface area contributed by atoms with E-state index in [4.69, 9.17) is 4.74 Å². The van der Waals surface area contributed by atoms with E-state index in [0.717, 1.165) is 22.6 Å². The average molecular weight is 294 g/mol. The number of Topliss-reactive ketones (excluding diaryl/α,β-unsaturated/α-hetero) is 2. The zero-order chi connectivity index (χ0) is 15.5. The number of para-hydroxylation sites is 1. The summed E-state index contributed by atoms with van der Waals surface area (Å²) in [6.07, 6.45) is 1.15. The number of ether oxygens (including phenoxy) is 1. The number of hydrogen-bond acceptors (Lipinski definition) is 3. The van der Waals surface area contributed by atoms with Crippen molar-refractivity contribution in [2.24, 2.45) is 0 Å². The lowest BCUT2D eigenvalue weighted by molar-refractivity contribution is -0.130. The highest BCUT2D eigenvalue weighted by molar-refractivity contribution is 6.04. The van der Waals surface area contributed by atoms with Crippen LogP contribution in [0.5, 0.6) is 11.5 Å². The second-order valence-electron chi connectivity index (χ2n) is 5.71. The second kappa shape index (κ2) is 6.14. The molecule has 2 aromatic carbocycles. The number of rotatable bonds is 3. The molecule has 1 unspecified atom stereocenters. The summed E-state index contributed by atoms with van der Waals surface area (Å²) in [5, 5.41) is 0. The largest absolute Gasteiger partial charge is 0.457 e. The van der Waals surface area contributed by atoms with Crippen molar-refractivity contribution >= 4 is 11.6 Å². The van der Waals surface area contributed by atoms with Crippen LogP contribution in [0, 0.1) is 6.92 Å². The van der Waals surface area contributed by atoms with Crippen molar-refractivity contribution in [3.05, 3.63) is 59.7 Å². The summed E-state index contributed by atoms with van der Waals surface area (Å²) in [6, 6.07) is 15.4. The van der Waals surface area contributed by atoms with E-state index in [1.165, 1.54) is 0 Å². The fourth-order valence-electron chi connectivity index (χ4n) is 2.82. The summed E-state index contributed by atoms with van der Waals surface area (Å²) < 4.78 is 5.92. The molecule has 0 bridgehead atoms. The topological polar surface area (TPSA) is 43.4 Å². The Morgan fingerprint density at radius 3 is 2.64 bits per heavy atom. The van der Waals surface area contributed by atoms with Crippen molar-refractivity contribution in [3.8, 4) is 11.5 Å². The van der Waals surface area contributed by atoms with Crippen LogP contribution >= 0.6 is 0 Å². The van der Waals surface area contributed by atoms with Crippen molar-refractivity contribution in [3.63, 3.8) is 0 Å². The van der Waals surface area contributed by atoms with Gasteiger partial charge in [-0.15, -0.1) is 0 Å². The maximum absolute atomic E-state index is 12.1. The number of aryl methyl sites for hydroxylation is 1. The monoisotopic (exact) mass is 294 g/mol. The van der Waals surface area contributed by atoms with Gasteiger partial charge in [0.05, 0.1) is 6.42 Å². The maximum atomic E-state index is 12.1. The Morgan fingerprint density at radius 2 is 1.86 bits per heavy atom. The van der Waals surface area contributed by atoms with Gasteiger partial charge in [0.1, 0.15) is 23.1 Å². The molecule has 0 heterocycles. The van der Waals surface area contributed by atoms with Gasteiger partial charge in [-0.25, -0.2) is 0 Å². The van der Waals surface area contributed by atoms with Crippen molar-refractivity contribution in [2.45, 2.75) is 32.1 Å². The van der Waals surface area contributed by atoms with Crippen molar-refractivity contribution in [1.29, 1.82) is 0 Å². The van der Waals surface area contributed by atoms with E-state index in [1.807, 2.05) is 55.5 Å². The molecule has 3 nitrogen and oxygen atoms in total. The fourth-order valence-corrected chi connectivity index (χ4v) is 2.82. The minimum Gasteiger partial charge on any atom is -0.457 e. The summed E-state index contributed by atoms with van der Waals surface area (Å²) >= 11 is 0. The summed E-state index contributed by atoms with van der Waals surface area (Å²) in [5.74, 6) is 1.41. The smallest absolute Gasteiger partial charge is 0.147 e. The third-order valence-electron chi connectivity index (χ3n) is 4.05. The summed E-state index contributed by atoms with van der Waals surface area (Å²) in [4.78, 5) is 23.4. The molecule has 1 saturated carbocycles. The molecule has 112 valence electrons. The second-order valence-corrected chi connectivity index (χ2v) is 5.71. The van der Waals surface area contributed by atoms with Gasteiger partial charge >= 0.3 is 0 Å². The molecule has 1 aliphatic carbocycles. The Bertz CT molecular complexity index is 718. The van der Waals surface area contributed by atoms with Crippen LogP contribution in [0.2, 0.25) is 0 Å². The summed E-state index contributed by atoms with van der Waals surface area (Å²) in [5.41, 5.74) is 2.00. The minimum atomic E-state index is -0.182. The highest BCUT2D eigenvalue weighted by atomic mass is 16.5. The maximum Gasteiger partial charge on any atom is 0.147 e. The van der Waals surface area contributed by atoms with Crippen LogP contribution in [0.25, 0.3) is 0 Å². The van der Waals surface area contributed by atoms with E-state index >= 15 is 0 Å². The molecule has 1 aliphatic rings. The van der Waals surface area contributed by atoms with Crippen LogP contribution in [0.4, 0.5) is 0 Å². The molecule has 22 heavy (non-hydrogen) atoms. The minimum absolute atomic E-state index is 0.0179. The van der Waals surface area contributed by atoms with Crippen LogP contribution in [0.15, 0.2) is 48.5 Å². The van der Waals surface area contributed by atoms with Gasteiger partial charge in [-0.1, -0.05) is 30.3 Å².